The second-order valence-corrected chi connectivity index (χ2v) is 3.28. The lowest BCUT2D eigenvalue weighted by atomic mass is 10.2. The minimum atomic E-state index is -0.215. The van der Waals surface area contributed by atoms with E-state index in [1.165, 1.54) is 11.5 Å². The van der Waals surface area contributed by atoms with Crippen LogP contribution in [0.1, 0.15) is 11.7 Å². The van der Waals surface area contributed by atoms with Gasteiger partial charge in [0.05, 0.1) is 12.6 Å². The van der Waals surface area contributed by atoms with Crippen LogP contribution in [-0.4, -0.2) is 22.7 Å². The maximum atomic E-state index is 11.3. The van der Waals surface area contributed by atoms with Gasteiger partial charge in [-0.05, 0) is 18.2 Å². The Hall–Kier alpha value is -1.97. The molecule has 0 atom stereocenters. The van der Waals surface area contributed by atoms with Crippen molar-refractivity contribution >= 4 is 16.8 Å². The van der Waals surface area contributed by atoms with Crippen molar-refractivity contribution in [1.29, 1.82) is 0 Å². The molecule has 1 N–H and O–H groups in total. The van der Waals surface area contributed by atoms with Crippen molar-refractivity contribution in [2.24, 2.45) is 0 Å². The summed E-state index contributed by atoms with van der Waals surface area (Å²) in [5.41, 5.74) is 0.681. The lowest BCUT2D eigenvalue weighted by Crippen LogP contribution is -2.03. The van der Waals surface area contributed by atoms with E-state index in [1.807, 2.05) is 0 Å². The number of carbonyl (C=O) groups excluding carboxylic acids is 1. The van der Waals surface area contributed by atoms with E-state index in [0.29, 0.717) is 11.3 Å². The van der Waals surface area contributed by atoms with Crippen molar-refractivity contribution in [3.8, 4) is 11.6 Å². The van der Waals surface area contributed by atoms with Crippen molar-refractivity contribution < 1.29 is 14.6 Å². The van der Waals surface area contributed by atoms with E-state index >= 15 is 0 Å². The van der Waals surface area contributed by atoms with E-state index in [0.717, 1.165) is 5.39 Å². The summed E-state index contributed by atoms with van der Waals surface area (Å²) in [7, 11) is 1.57. The van der Waals surface area contributed by atoms with Crippen molar-refractivity contribution in [2.45, 2.75) is 6.92 Å². The molecule has 1 heterocycles. The molecule has 0 fully saturated rings. The highest BCUT2D eigenvalue weighted by molar-refractivity contribution is 5.94. The topological polar surface area (TPSA) is 51.5 Å². The van der Waals surface area contributed by atoms with Gasteiger partial charge in [0, 0.05) is 18.4 Å². The smallest absolute Gasteiger partial charge is 0.230 e. The maximum absolute atomic E-state index is 11.3. The standard InChI is InChI=1S/C11H11NO3/c1-7(13)12-10-4-3-9(15-2)5-8(10)6-11(12)14/h3-6,14H,1-2H3. The molecule has 2 rings (SSSR count). The first kappa shape index (κ1) is 9.58. The number of methoxy groups -OCH3 is 1. The molecule has 4 nitrogen and oxygen atoms in total. The molecule has 1 aromatic heterocycles. The van der Waals surface area contributed by atoms with E-state index in [2.05, 4.69) is 0 Å². The molecule has 0 aliphatic carbocycles. The van der Waals surface area contributed by atoms with Gasteiger partial charge >= 0.3 is 0 Å². The van der Waals surface area contributed by atoms with Crippen molar-refractivity contribution in [1.82, 2.24) is 4.57 Å². The molecule has 0 saturated carbocycles. The average molecular weight is 205 g/mol. The van der Waals surface area contributed by atoms with Crippen LogP contribution in [0.25, 0.3) is 10.9 Å². The lowest BCUT2D eigenvalue weighted by Gasteiger charge is -2.02. The summed E-state index contributed by atoms with van der Waals surface area (Å²) in [5.74, 6) is 0.432. The third kappa shape index (κ3) is 1.44. The molecule has 0 radical (unpaired) electrons. The van der Waals surface area contributed by atoms with Crippen LogP contribution >= 0.6 is 0 Å². The van der Waals surface area contributed by atoms with Crippen LogP contribution in [0.4, 0.5) is 0 Å². The number of hydrogen-bond donors (Lipinski definition) is 1. The fourth-order valence-electron chi connectivity index (χ4n) is 1.64. The Bertz CT molecular complexity index is 528. The number of carbonyl (C=O) groups is 1. The maximum Gasteiger partial charge on any atom is 0.230 e. The van der Waals surface area contributed by atoms with Crippen molar-refractivity contribution in [3.05, 3.63) is 24.3 Å². The van der Waals surface area contributed by atoms with Gasteiger partial charge in [0.25, 0.3) is 0 Å². The highest BCUT2D eigenvalue weighted by Gasteiger charge is 2.11. The molecule has 0 aliphatic rings. The molecule has 0 spiro atoms. The SMILES string of the molecule is COc1ccc2c(c1)cc(O)n2C(C)=O. The normalized spacial score (nSPS) is 10.5. The number of aromatic nitrogens is 1. The molecule has 0 bridgehead atoms. The van der Waals surface area contributed by atoms with E-state index in [4.69, 9.17) is 4.74 Å². The summed E-state index contributed by atoms with van der Waals surface area (Å²) >= 11 is 0. The van der Waals surface area contributed by atoms with Gasteiger partial charge in [-0.15, -0.1) is 0 Å². The van der Waals surface area contributed by atoms with Gasteiger partial charge in [0.15, 0.2) is 5.88 Å². The van der Waals surface area contributed by atoms with Crippen LogP contribution < -0.4 is 4.74 Å². The van der Waals surface area contributed by atoms with E-state index in [9.17, 15) is 9.90 Å². The Kier molecular flexibility index (Phi) is 2.11. The van der Waals surface area contributed by atoms with Gasteiger partial charge in [0.1, 0.15) is 5.75 Å². The number of fused-ring (bicyclic) bond motifs is 1. The zero-order valence-electron chi connectivity index (χ0n) is 8.52. The van der Waals surface area contributed by atoms with E-state index < -0.39 is 0 Å². The molecule has 4 heteroatoms. The Morgan fingerprint density at radius 2 is 2.13 bits per heavy atom. The van der Waals surface area contributed by atoms with E-state index in [1.54, 1.807) is 31.4 Å². The first-order valence-electron chi connectivity index (χ1n) is 4.53. The van der Waals surface area contributed by atoms with Crippen LogP contribution in [0.3, 0.4) is 0 Å². The van der Waals surface area contributed by atoms with Crippen LogP contribution in [0, 0.1) is 0 Å². The number of nitrogens with zero attached hydrogens (tertiary/aromatic N) is 1. The van der Waals surface area contributed by atoms with Crippen molar-refractivity contribution in [2.75, 3.05) is 7.11 Å². The van der Waals surface area contributed by atoms with Crippen LogP contribution in [0.2, 0.25) is 0 Å². The van der Waals surface area contributed by atoms with Gasteiger partial charge in [-0.25, -0.2) is 0 Å². The van der Waals surface area contributed by atoms with Crippen LogP contribution in [-0.2, 0) is 0 Å². The number of benzene rings is 1. The molecule has 2 aromatic rings. The first-order chi connectivity index (χ1) is 7.13. The molecule has 78 valence electrons. The number of rotatable bonds is 1. The third-order valence-corrected chi connectivity index (χ3v) is 2.30. The van der Waals surface area contributed by atoms with Crippen LogP contribution in [0.5, 0.6) is 11.6 Å². The number of aromatic hydroxyl groups is 1. The Morgan fingerprint density at radius 1 is 1.40 bits per heavy atom. The summed E-state index contributed by atoms with van der Waals surface area (Å²) in [6, 6.07) is 6.81. The predicted molar refractivity (Wildman–Crippen MR) is 56.5 cm³/mol. The average Bonchev–Trinajstić information content (AvgIpc) is 2.52. The summed E-state index contributed by atoms with van der Waals surface area (Å²) in [4.78, 5) is 11.3. The summed E-state index contributed by atoms with van der Waals surface area (Å²) in [6.45, 7) is 1.41. The summed E-state index contributed by atoms with van der Waals surface area (Å²) < 4.78 is 6.31. The second-order valence-electron chi connectivity index (χ2n) is 3.28. The van der Waals surface area contributed by atoms with Gasteiger partial charge < -0.3 is 9.84 Å². The van der Waals surface area contributed by atoms with Gasteiger partial charge in [-0.1, -0.05) is 0 Å². The molecule has 15 heavy (non-hydrogen) atoms. The summed E-state index contributed by atoms with van der Waals surface area (Å²) in [6.07, 6.45) is 0. The Morgan fingerprint density at radius 3 is 2.73 bits per heavy atom. The zero-order chi connectivity index (χ0) is 11.0. The molecule has 0 aliphatic heterocycles. The minimum absolute atomic E-state index is 0.0502. The molecule has 0 saturated heterocycles. The minimum Gasteiger partial charge on any atom is -0.497 e. The van der Waals surface area contributed by atoms with Gasteiger partial charge in [0.2, 0.25) is 5.91 Å². The quantitative estimate of drug-likeness (QED) is 0.774. The van der Waals surface area contributed by atoms with Gasteiger partial charge in [-0.3, -0.25) is 9.36 Å². The molecular formula is C11H11NO3. The lowest BCUT2D eigenvalue weighted by molar-refractivity contribution is 0.0933. The molecule has 1 aromatic carbocycles. The van der Waals surface area contributed by atoms with Crippen molar-refractivity contribution in [3.63, 3.8) is 0 Å². The fourth-order valence-corrected chi connectivity index (χ4v) is 1.64. The number of hydrogen-bond acceptors (Lipinski definition) is 3. The monoisotopic (exact) mass is 205 g/mol. The fraction of sp³-hybridized carbons (Fsp3) is 0.182. The third-order valence-electron chi connectivity index (χ3n) is 2.30. The molecular weight excluding hydrogens is 194 g/mol. The second kappa shape index (κ2) is 3.31. The predicted octanol–water partition coefficient (Wildman–Crippen LogP) is 2.02. The number of ether oxygens (including phenoxy) is 1. The van der Waals surface area contributed by atoms with E-state index in [-0.39, 0.29) is 11.8 Å². The Labute approximate surface area is 86.7 Å². The van der Waals surface area contributed by atoms with Gasteiger partial charge in [-0.2, -0.15) is 0 Å². The summed E-state index contributed by atoms with van der Waals surface area (Å²) in [5, 5.41) is 10.3. The highest BCUT2D eigenvalue weighted by Crippen LogP contribution is 2.27. The zero-order valence-corrected chi connectivity index (χ0v) is 8.52. The first-order valence-corrected chi connectivity index (χ1v) is 4.53. The molecule has 0 amide bonds. The Balaban J connectivity index is 2.74. The largest absolute Gasteiger partial charge is 0.497 e. The molecule has 0 unspecified atom stereocenters. The van der Waals surface area contributed by atoms with Crippen LogP contribution in [0.15, 0.2) is 24.3 Å². The highest BCUT2D eigenvalue weighted by atomic mass is 16.5.